The number of aromatic nitrogens is 2. The highest BCUT2D eigenvalue weighted by molar-refractivity contribution is 6.14. The van der Waals surface area contributed by atoms with Gasteiger partial charge in [-0.25, -0.2) is 9.67 Å². The monoisotopic (exact) mass is 381 g/mol. The lowest BCUT2D eigenvalue weighted by Gasteiger charge is -2.08. The van der Waals surface area contributed by atoms with Crippen LogP contribution in [0.5, 0.6) is 0 Å². The molecule has 144 valence electrons. The number of rotatable bonds is 4. The standard InChI is InChI=1S/C25H23N3O/c1-17-14-15-18(2)22(16-17)26-24(20-10-6-4-7-11-20)23-19(3)27-28(25(23)29)21-12-8-5-9-13-21/h4-16,27H,1-3H3. The number of aryl methyl sites for hydroxylation is 3. The van der Waals surface area contributed by atoms with Gasteiger partial charge >= 0.3 is 0 Å². The van der Waals surface area contributed by atoms with E-state index in [4.69, 9.17) is 4.99 Å². The minimum absolute atomic E-state index is 0.110. The first-order valence-electron chi connectivity index (χ1n) is 9.63. The average Bonchev–Trinajstić information content (AvgIpc) is 3.04. The van der Waals surface area contributed by atoms with Crippen molar-refractivity contribution >= 4 is 11.4 Å². The van der Waals surface area contributed by atoms with E-state index in [2.05, 4.69) is 23.3 Å². The molecule has 0 radical (unpaired) electrons. The van der Waals surface area contributed by atoms with Crippen LogP contribution in [0.3, 0.4) is 0 Å². The second kappa shape index (κ2) is 7.76. The molecule has 0 saturated carbocycles. The zero-order chi connectivity index (χ0) is 20.4. The fourth-order valence-electron chi connectivity index (χ4n) is 3.41. The third-order valence-electron chi connectivity index (χ3n) is 4.97. The van der Waals surface area contributed by atoms with Crippen molar-refractivity contribution in [2.24, 2.45) is 4.99 Å². The van der Waals surface area contributed by atoms with Gasteiger partial charge in [-0.2, -0.15) is 0 Å². The fraction of sp³-hybridized carbons (Fsp3) is 0.120. The number of nitrogens with zero attached hydrogens (tertiary/aromatic N) is 2. The number of benzene rings is 3. The van der Waals surface area contributed by atoms with Crippen molar-refractivity contribution in [3.05, 3.63) is 117 Å². The molecule has 4 heteroatoms. The van der Waals surface area contributed by atoms with E-state index in [0.29, 0.717) is 11.3 Å². The Bertz CT molecular complexity index is 1230. The smallest absolute Gasteiger partial charge is 0.280 e. The van der Waals surface area contributed by atoms with E-state index in [9.17, 15) is 4.79 Å². The highest BCUT2D eigenvalue weighted by Gasteiger charge is 2.19. The maximum Gasteiger partial charge on any atom is 0.280 e. The molecule has 0 atom stereocenters. The Balaban J connectivity index is 1.97. The summed E-state index contributed by atoms with van der Waals surface area (Å²) < 4.78 is 1.58. The van der Waals surface area contributed by atoms with Crippen LogP contribution in [0.4, 0.5) is 5.69 Å². The molecule has 3 aromatic carbocycles. The zero-order valence-corrected chi connectivity index (χ0v) is 16.8. The molecular formula is C25H23N3O. The third-order valence-corrected chi connectivity index (χ3v) is 4.97. The van der Waals surface area contributed by atoms with Crippen LogP contribution >= 0.6 is 0 Å². The van der Waals surface area contributed by atoms with E-state index in [1.54, 1.807) is 4.68 Å². The molecule has 29 heavy (non-hydrogen) atoms. The minimum Gasteiger partial charge on any atom is -0.295 e. The van der Waals surface area contributed by atoms with Crippen molar-refractivity contribution in [1.82, 2.24) is 9.78 Å². The first-order valence-corrected chi connectivity index (χ1v) is 9.63. The summed E-state index contributed by atoms with van der Waals surface area (Å²) >= 11 is 0. The first-order chi connectivity index (χ1) is 14.0. The number of aromatic amines is 1. The molecule has 0 fully saturated rings. The van der Waals surface area contributed by atoms with Crippen LogP contribution in [0, 0.1) is 20.8 Å². The van der Waals surface area contributed by atoms with Gasteiger partial charge < -0.3 is 0 Å². The predicted octanol–water partition coefficient (Wildman–Crippen LogP) is 5.26. The van der Waals surface area contributed by atoms with Crippen LogP contribution < -0.4 is 5.56 Å². The van der Waals surface area contributed by atoms with Gasteiger partial charge in [-0.15, -0.1) is 0 Å². The van der Waals surface area contributed by atoms with Crippen molar-refractivity contribution in [3.63, 3.8) is 0 Å². The summed E-state index contributed by atoms with van der Waals surface area (Å²) in [7, 11) is 0. The van der Waals surface area contributed by atoms with Gasteiger partial charge in [0.15, 0.2) is 0 Å². The van der Waals surface area contributed by atoms with Gasteiger partial charge in [0.2, 0.25) is 0 Å². The summed E-state index contributed by atoms with van der Waals surface area (Å²) in [6.07, 6.45) is 0. The highest BCUT2D eigenvalue weighted by atomic mass is 16.1. The van der Waals surface area contributed by atoms with Gasteiger partial charge in [0, 0.05) is 11.3 Å². The minimum atomic E-state index is -0.110. The van der Waals surface area contributed by atoms with Crippen molar-refractivity contribution in [1.29, 1.82) is 0 Å². The fourth-order valence-corrected chi connectivity index (χ4v) is 3.41. The summed E-state index contributed by atoms with van der Waals surface area (Å²) in [6, 6.07) is 25.6. The molecule has 0 spiro atoms. The van der Waals surface area contributed by atoms with Gasteiger partial charge in [-0.3, -0.25) is 9.89 Å². The van der Waals surface area contributed by atoms with Crippen LogP contribution in [0.2, 0.25) is 0 Å². The van der Waals surface area contributed by atoms with E-state index >= 15 is 0 Å². The van der Waals surface area contributed by atoms with Crippen molar-refractivity contribution in [2.45, 2.75) is 20.8 Å². The van der Waals surface area contributed by atoms with Gasteiger partial charge in [0.05, 0.1) is 22.6 Å². The van der Waals surface area contributed by atoms with E-state index in [1.807, 2.05) is 81.4 Å². The van der Waals surface area contributed by atoms with Gasteiger partial charge in [0.1, 0.15) is 0 Å². The Labute approximate surface area is 170 Å². The number of aliphatic imine (C=N–C) groups is 1. The lowest BCUT2D eigenvalue weighted by molar-refractivity contribution is 0.835. The largest absolute Gasteiger partial charge is 0.295 e. The number of hydrogen-bond acceptors (Lipinski definition) is 2. The maximum absolute atomic E-state index is 13.4. The summed E-state index contributed by atoms with van der Waals surface area (Å²) in [4.78, 5) is 18.4. The average molecular weight is 381 g/mol. The van der Waals surface area contributed by atoms with Crippen LogP contribution in [0.25, 0.3) is 5.69 Å². The maximum atomic E-state index is 13.4. The van der Waals surface area contributed by atoms with E-state index < -0.39 is 0 Å². The summed E-state index contributed by atoms with van der Waals surface area (Å²) in [5.41, 5.74) is 6.71. The SMILES string of the molecule is Cc1ccc(C)c(N=C(c2ccccc2)c2c(C)[nH]n(-c3ccccc3)c2=O)c1. The normalized spacial score (nSPS) is 11.6. The van der Waals surface area contributed by atoms with Crippen molar-refractivity contribution in [2.75, 3.05) is 0 Å². The number of nitrogens with one attached hydrogen (secondary N) is 1. The molecule has 1 aromatic heterocycles. The summed E-state index contributed by atoms with van der Waals surface area (Å²) in [6.45, 7) is 6.00. The lowest BCUT2D eigenvalue weighted by Crippen LogP contribution is -2.21. The third kappa shape index (κ3) is 3.69. The van der Waals surface area contributed by atoms with Crippen LogP contribution in [0.15, 0.2) is 88.6 Å². The van der Waals surface area contributed by atoms with Gasteiger partial charge in [-0.1, -0.05) is 60.7 Å². The Morgan fingerprint density at radius 2 is 1.52 bits per heavy atom. The Kier molecular flexibility index (Phi) is 5.00. The molecule has 1 N–H and O–H groups in total. The molecule has 0 saturated heterocycles. The van der Waals surface area contributed by atoms with E-state index in [1.165, 1.54) is 0 Å². The molecule has 0 amide bonds. The quantitative estimate of drug-likeness (QED) is 0.482. The molecule has 4 aromatic rings. The van der Waals surface area contributed by atoms with Gasteiger partial charge in [-0.05, 0) is 50.1 Å². The molecule has 4 rings (SSSR count). The number of hydrogen-bond donors (Lipinski definition) is 1. The van der Waals surface area contributed by atoms with Crippen LogP contribution in [0.1, 0.15) is 27.9 Å². The van der Waals surface area contributed by atoms with Crippen molar-refractivity contribution < 1.29 is 0 Å². The second-order valence-electron chi connectivity index (χ2n) is 7.20. The van der Waals surface area contributed by atoms with E-state index in [0.717, 1.165) is 33.8 Å². The topological polar surface area (TPSA) is 50.1 Å². The molecule has 0 aliphatic carbocycles. The molecule has 0 unspecified atom stereocenters. The lowest BCUT2D eigenvalue weighted by atomic mass is 10.0. The molecule has 4 nitrogen and oxygen atoms in total. The summed E-state index contributed by atoms with van der Waals surface area (Å²) in [5, 5.41) is 3.21. The Morgan fingerprint density at radius 3 is 2.21 bits per heavy atom. The van der Waals surface area contributed by atoms with Gasteiger partial charge in [0.25, 0.3) is 5.56 Å². The molecule has 1 heterocycles. The number of para-hydroxylation sites is 1. The number of H-pyrrole nitrogens is 1. The Morgan fingerprint density at radius 1 is 0.862 bits per heavy atom. The molecule has 0 bridgehead atoms. The van der Waals surface area contributed by atoms with Crippen LogP contribution in [-0.4, -0.2) is 15.5 Å². The molecule has 0 aliphatic rings. The van der Waals surface area contributed by atoms with E-state index in [-0.39, 0.29) is 5.56 Å². The predicted molar refractivity (Wildman–Crippen MR) is 119 cm³/mol. The summed E-state index contributed by atoms with van der Waals surface area (Å²) in [5.74, 6) is 0. The highest BCUT2D eigenvalue weighted by Crippen LogP contribution is 2.23. The molecule has 0 aliphatic heterocycles. The zero-order valence-electron chi connectivity index (χ0n) is 16.8. The second-order valence-corrected chi connectivity index (χ2v) is 7.20. The Hall–Kier alpha value is -3.66. The van der Waals surface area contributed by atoms with Crippen LogP contribution in [-0.2, 0) is 0 Å². The molecular weight excluding hydrogens is 358 g/mol. The first kappa shape index (κ1) is 18.7. The van der Waals surface area contributed by atoms with Crippen molar-refractivity contribution in [3.8, 4) is 5.69 Å².